The van der Waals surface area contributed by atoms with Gasteiger partial charge in [0.1, 0.15) is 6.10 Å². The van der Waals surface area contributed by atoms with Crippen molar-refractivity contribution in [1.29, 1.82) is 0 Å². The Bertz CT molecular complexity index is 671. The molecule has 0 amide bonds. The number of rotatable bonds is 11. The predicted octanol–water partition coefficient (Wildman–Crippen LogP) is 3.09. The van der Waals surface area contributed by atoms with Crippen LogP contribution in [0, 0.1) is 23.7 Å². The summed E-state index contributed by atoms with van der Waals surface area (Å²) in [5.74, 6) is -1.02. The summed E-state index contributed by atoms with van der Waals surface area (Å²) in [4.78, 5) is 23.3. The van der Waals surface area contributed by atoms with Crippen molar-refractivity contribution >= 4 is 11.9 Å². The monoisotopic (exact) mass is 438 g/mol. The predicted molar refractivity (Wildman–Crippen MR) is 116 cm³/mol. The van der Waals surface area contributed by atoms with Crippen LogP contribution in [0.5, 0.6) is 0 Å². The van der Waals surface area contributed by atoms with E-state index >= 15 is 0 Å². The summed E-state index contributed by atoms with van der Waals surface area (Å²) in [6.45, 7) is 5.96. The summed E-state index contributed by atoms with van der Waals surface area (Å²) < 4.78 is 11.5. The Morgan fingerprint density at radius 3 is 2.58 bits per heavy atom. The molecule has 0 aromatic rings. The maximum Gasteiger partial charge on any atom is 0.308 e. The molecule has 0 radical (unpaired) electrons. The van der Waals surface area contributed by atoms with Crippen LogP contribution in [0.3, 0.4) is 0 Å². The first-order chi connectivity index (χ1) is 14.7. The van der Waals surface area contributed by atoms with Crippen LogP contribution < -0.4 is 0 Å². The number of carbonyl (C=O) groups is 2. The van der Waals surface area contributed by atoms with E-state index in [0.29, 0.717) is 19.3 Å². The fourth-order valence-corrected chi connectivity index (χ4v) is 4.67. The van der Waals surface area contributed by atoms with Gasteiger partial charge in [-0.2, -0.15) is 0 Å². The Labute approximate surface area is 185 Å². The van der Waals surface area contributed by atoms with Gasteiger partial charge in [0.2, 0.25) is 0 Å². The Morgan fingerprint density at radius 1 is 1.26 bits per heavy atom. The van der Waals surface area contributed by atoms with Crippen LogP contribution in [0.15, 0.2) is 23.8 Å². The third-order valence-electron chi connectivity index (χ3n) is 6.73. The van der Waals surface area contributed by atoms with E-state index in [-0.39, 0.29) is 54.7 Å². The van der Waals surface area contributed by atoms with Crippen LogP contribution in [-0.4, -0.2) is 58.8 Å². The number of fused-ring (bicyclic) bond motifs is 1. The highest BCUT2D eigenvalue weighted by molar-refractivity contribution is 5.72. The third-order valence-corrected chi connectivity index (χ3v) is 6.73. The summed E-state index contributed by atoms with van der Waals surface area (Å²) in [7, 11) is 1.65. The first kappa shape index (κ1) is 25.6. The summed E-state index contributed by atoms with van der Waals surface area (Å²) in [5.41, 5.74) is 1.10. The Balaban J connectivity index is 2.13. The second-order valence-electron chi connectivity index (χ2n) is 9.09. The molecule has 0 aromatic heterocycles. The molecule has 0 saturated carbocycles. The zero-order chi connectivity index (χ0) is 23.1. The number of aliphatic hydroxyl groups excluding tert-OH is 2. The van der Waals surface area contributed by atoms with Crippen LogP contribution in [0.2, 0.25) is 0 Å². The average Bonchev–Trinajstić information content (AvgIpc) is 2.71. The fourth-order valence-electron chi connectivity index (χ4n) is 4.67. The van der Waals surface area contributed by atoms with Crippen molar-refractivity contribution in [3.63, 3.8) is 0 Å². The third kappa shape index (κ3) is 7.16. The van der Waals surface area contributed by atoms with Gasteiger partial charge >= 0.3 is 11.9 Å². The summed E-state index contributed by atoms with van der Waals surface area (Å²) >= 11 is 0. The standard InChI is InChI=1S/C24H38O7/c1-5-14(2)24(29)31-21-13-19(30-4)10-16-7-6-15(3)20(23(16)21)9-8-17(25)11-18(26)12-22(27)28/h6-7,10,14-15,17-21,23,25-26H,5,8-9,11-13H2,1-4H3,(H,27,28)/t14-,15-,17+,18+,19+,20-,21-,23-/m0/s1. The van der Waals surface area contributed by atoms with Gasteiger partial charge in [0.05, 0.1) is 30.7 Å². The van der Waals surface area contributed by atoms with E-state index in [4.69, 9.17) is 14.6 Å². The van der Waals surface area contributed by atoms with E-state index in [2.05, 4.69) is 25.2 Å². The molecule has 0 fully saturated rings. The van der Waals surface area contributed by atoms with Crippen LogP contribution in [0.1, 0.15) is 59.3 Å². The summed E-state index contributed by atoms with van der Waals surface area (Å²) in [6.07, 6.45) is 6.20. The molecular weight excluding hydrogens is 400 g/mol. The maximum absolute atomic E-state index is 12.6. The number of esters is 1. The van der Waals surface area contributed by atoms with Crippen LogP contribution in [-0.2, 0) is 19.1 Å². The van der Waals surface area contributed by atoms with Crippen LogP contribution in [0.25, 0.3) is 0 Å². The maximum atomic E-state index is 12.6. The van der Waals surface area contributed by atoms with Crippen molar-refractivity contribution in [3.05, 3.63) is 23.8 Å². The lowest BCUT2D eigenvalue weighted by atomic mass is 9.66. The first-order valence-corrected chi connectivity index (χ1v) is 11.4. The van der Waals surface area contributed by atoms with Gasteiger partial charge in [-0.25, -0.2) is 0 Å². The van der Waals surface area contributed by atoms with E-state index in [1.165, 1.54) is 0 Å². The highest BCUT2D eigenvalue weighted by Crippen LogP contribution is 2.44. The fraction of sp³-hybridized carbons (Fsp3) is 0.750. The van der Waals surface area contributed by atoms with Gasteiger partial charge in [-0.15, -0.1) is 0 Å². The highest BCUT2D eigenvalue weighted by Gasteiger charge is 2.42. The van der Waals surface area contributed by atoms with Gasteiger partial charge in [-0.1, -0.05) is 39.0 Å². The van der Waals surface area contributed by atoms with Gasteiger partial charge in [-0.3, -0.25) is 9.59 Å². The van der Waals surface area contributed by atoms with Gasteiger partial charge in [0.15, 0.2) is 0 Å². The molecule has 2 rings (SSSR count). The molecule has 7 nitrogen and oxygen atoms in total. The normalized spacial score (nSPS) is 30.6. The summed E-state index contributed by atoms with van der Waals surface area (Å²) in [6, 6.07) is 0. The van der Waals surface area contributed by atoms with Crippen molar-refractivity contribution in [2.75, 3.05) is 7.11 Å². The molecule has 0 saturated heterocycles. The first-order valence-electron chi connectivity index (χ1n) is 11.4. The molecule has 0 aromatic carbocycles. The van der Waals surface area contributed by atoms with E-state index in [1.807, 2.05) is 13.8 Å². The zero-order valence-electron chi connectivity index (χ0n) is 19.1. The number of hydrogen-bond donors (Lipinski definition) is 3. The number of aliphatic carboxylic acids is 1. The quantitative estimate of drug-likeness (QED) is 0.425. The van der Waals surface area contributed by atoms with Gasteiger partial charge < -0.3 is 24.8 Å². The number of ether oxygens (including phenoxy) is 2. The molecule has 0 unspecified atom stereocenters. The highest BCUT2D eigenvalue weighted by atomic mass is 16.5. The van der Waals surface area contributed by atoms with Gasteiger partial charge in [0.25, 0.3) is 0 Å². The minimum absolute atomic E-state index is 0.0237. The second kappa shape index (κ2) is 11.8. The minimum atomic E-state index is -1.08. The van der Waals surface area contributed by atoms with Gasteiger partial charge in [-0.05, 0) is 43.1 Å². The van der Waals surface area contributed by atoms with E-state index in [9.17, 15) is 19.8 Å². The van der Waals surface area contributed by atoms with Crippen LogP contribution in [0.4, 0.5) is 0 Å². The molecule has 176 valence electrons. The topological polar surface area (TPSA) is 113 Å². The molecule has 2 aliphatic rings. The lowest BCUT2D eigenvalue weighted by molar-refractivity contribution is -0.159. The molecule has 2 aliphatic carbocycles. The Kier molecular flexibility index (Phi) is 9.72. The lowest BCUT2D eigenvalue weighted by Crippen LogP contribution is -2.43. The van der Waals surface area contributed by atoms with Gasteiger partial charge in [0, 0.05) is 19.4 Å². The van der Waals surface area contributed by atoms with Crippen molar-refractivity contribution in [2.45, 2.75) is 83.7 Å². The van der Waals surface area contributed by atoms with Crippen molar-refractivity contribution in [2.24, 2.45) is 23.7 Å². The molecule has 7 heteroatoms. The van der Waals surface area contributed by atoms with Crippen molar-refractivity contribution < 1.29 is 34.4 Å². The molecule has 0 bridgehead atoms. The minimum Gasteiger partial charge on any atom is -0.481 e. The smallest absolute Gasteiger partial charge is 0.308 e. The molecular formula is C24H38O7. The number of carboxylic acids is 1. The van der Waals surface area contributed by atoms with E-state index in [1.54, 1.807) is 7.11 Å². The summed E-state index contributed by atoms with van der Waals surface area (Å²) in [5, 5.41) is 28.9. The Morgan fingerprint density at radius 2 is 1.97 bits per heavy atom. The Hall–Kier alpha value is -1.70. The lowest BCUT2D eigenvalue weighted by Gasteiger charge is -2.43. The van der Waals surface area contributed by atoms with Crippen LogP contribution >= 0.6 is 0 Å². The molecule has 31 heavy (non-hydrogen) atoms. The molecule has 8 atom stereocenters. The number of methoxy groups -OCH3 is 1. The molecule has 0 aliphatic heterocycles. The van der Waals surface area contributed by atoms with E-state index in [0.717, 1.165) is 12.0 Å². The molecule has 3 N–H and O–H groups in total. The number of aliphatic hydroxyl groups is 2. The molecule has 0 heterocycles. The molecule has 0 spiro atoms. The number of carbonyl (C=O) groups excluding carboxylic acids is 1. The second-order valence-corrected chi connectivity index (χ2v) is 9.09. The SMILES string of the molecule is CC[C@H](C)C(=O)O[C@H]1C[C@H](OC)C=C2C=C[C@H](C)[C@H](CC[C@@H](O)C[C@@H](O)CC(=O)O)[C@H]21. The largest absolute Gasteiger partial charge is 0.481 e. The van der Waals surface area contributed by atoms with Crippen molar-refractivity contribution in [3.8, 4) is 0 Å². The van der Waals surface area contributed by atoms with Crippen molar-refractivity contribution in [1.82, 2.24) is 0 Å². The van der Waals surface area contributed by atoms with E-state index < -0.39 is 18.2 Å². The average molecular weight is 439 g/mol. The number of allylic oxidation sites excluding steroid dienone is 2. The number of hydrogen-bond acceptors (Lipinski definition) is 6. The zero-order valence-corrected chi connectivity index (χ0v) is 19.1. The number of carboxylic acid groups (broad SMARTS) is 1.